The lowest BCUT2D eigenvalue weighted by atomic mass is 10.0. The third kappa shape index (κ3) is 2.70. The topological polar surface area (TPSA) is 47.3 Å². The molecule has 4 heteroatoms. The van der Waals surface area contributed by atoms with Crippen molar-refractivity contribution in [2.45, 2.75) is 39.3 Å². The van der Waals surface area contributed by atoms with Gasteiger partial charge in [0.25, 0.3) is 0 Å². The van der Waals surface area contributed by atoms with Gasteiger partial charge in [-0.15, -0.1) is 0 Å². The first kappa shape index (κ1) is 13.2. The van der Waals surface area contributed by atoms with Crippen LogP contribution in [0.5, 0.6) is 5.75 Å². The number of hydrogen-bond donors (Lipinski definition) is 1. The lowest BCUT2D eigenvalue weighted by Gasteiger charge is -2.17. The molecule has 0 bridgehead atoms. The Hall–Kier alpha value is -1.81. The quantitative estimate of drug-likeness (QED) is 0.908. The first-order chi connectivity index (χ1) is 9.76. The van der Waals surface area contributed by atoms with Crippen LogP contribution in [0.1, 0.15) is 42.2 Å². The van der Waals surface area contributed by atoms with Crippen LogP contribution in [-0.4, -0.2) is 11.6 Å². The highest BCUT2D eigenvalue weighted by atomic mass is 16.5. The van der Waals surface area contributed by atoms with Gasteiger partial charge in [0.15, 0.2) is 0 Å². The molecule has 20 heavy (non-hydrogen) atoms. The van der Waals surface area contributed by atoms with Gasteiger partial charge in [0.05, 0.1) is 19.3 Å². The van der Waals surface area contributed by atoms with Gasteiger partial charge in [-0.05, 0) is 30.5 Å². The summed E-state index contributed by atoms with van der Waals surface area (Å²) in [5, 5.41) is 3.51. The number of aryl methyl sites for hydroxylation is 1. The molecule has 2 aromatic rings. The standard InChI is InChI=1S/C16H20N2O2/c1-3-14(17-10-16-18-9-11(2)20-16)12-4-5-15-13(8-12)6-7-19-15/h4-5,8-9,14,17H,3,6-7,10H2,1-2H3. The number of hydrogen-bond acceptors (Lipinski definition) is 4. The van der Waals surface area contributed by atoms with Crippen LogP contribution in [0.4, 0.5) is 0 Å². The fourth-order valence-corrected chi connectivity index (χ4v) is 2.61. The molecule has 1 aromatic heterocycles. The van der Waals surface area contributed by atoms with Gasteiger partial charge in [0, 0.05) is 12.5 Å². The zero-order valence-electron chi connectivity index (χ0n) is 12.0. The molecule has 0 saturated heterocycles. The summed E-state index contributed by atoms with van der Waals surface area (Å²) in [5.74, 6) is 2.63. The number of ether oxygens (including phenoxy) is 1. The molecule has 2 heterocycles. The molecule has 1 N–H and O–H groups in total. The lowest BCUT2D eigenvalue weighted by molar-refractivity contribution is 0.356. The van der Waals surface area contributed by atoms with E-state index in [0.717, 1.165) is 36.8 Å². The highest BCUT2D eigenvalue weighted by Gasteiger charge is 2.16. The molecule has 3 rings (SSSR count). The first-order valence-electron chi connectivity index (χ1n) is 7.16. The van der Waals surface area contributed by atoms with Crippen molar-refractivity contribution in [3.63, 3.8) is 0 Å². The Labute approximate surface area is 119 Å². The fraction of sp³-hybridized carbons (Fsp3) is 0.438. The number of benzene rings is 1. The molecular formula is C16H20N2O2. The molecule has 0 fully saturated rings. The van der Waals surface area contributed by atoms with E-state index in [4.69, 9.17) is 9.15 Å². The van der Waals surface area contributed by atoms with Gasteiger partial charge in [-0.1, -0.05) is 19.1 Å². The van der Waals surface area contributed by atoms with Crippen LogP contribution in [0.3, 0.4) is 0 Å². The molecule has 1 aliphatic heterocycles. The van der Waals surface area contributed by atoms with Crippen molar-refractivity contribution >= 4 is 0 Å². The number of aromatic nitrogens is 1. The van der Waals surface area contributed by atoms with Crippen molar-refractivity contribution in [2.24, 2.45) is 0 Å². The van der Waals surface area contributed by atoms with Crippen molar-refractivity contribution in [1.29, 1.82) is 0 Å². The molecule has 1 atom stereocenters. The third-order valence-corrected chi connectivity index (χ3v) is 3.69. The Balaban J connectivity index is 1.69. The Morgan fingerprint density at radius 3 is 3.05 bits per heavy atom. The van der Waals surface area contributed by atoms with Crippen LogP contribution < -0.4 is 10.1 Å². The van der Waals surface area contributed by atoms with E-state index in [1.165, 1.54) is 11.1 Å². The number of rotatable bonds is 5. The SMILES string of the molecule is CCC(NCc1ncc(C)o1)c1ccc2c(c1)CCO2. The van der Waals surface area contributed by atoms with E-state index in [2.05, 4.69) is 35.4 Å². The molecule has 0 spiro atoms. The zero-order valence-corrected chi connectivity index (χ0v) is 12.0. The number of nitrogens with zero attached hydrogens (tertiary/aromatic N) is 1. The Morgan fingerprint density at radius 2 is 2.30 bits per heavy atom. The summed E-state index contributed by atoms with van der Waals surface area (Å²) in [5.41, 5.74) is 2.62. The van der Waals surface area contributed by atoms with Gasteiger partial charge in [0.1, 0.15) is 11.5 Å². The van der Waals surface area contributed by atoms with Gasteiger partial charge >= 0.3 is 0 Å². The lowest BCUT2D eigenvalue weighted by Crippen LogP contribution is -2.20. The molecule has 106 valence electrons. The maximum atomic E-state index is 5.55. The molecule has 1 aromatic carbocycles. The van der Waals surface area contributed by atoms with E-state index in [1.54, 1.807) is 6.20 Å². The summed E-state index contributed by atoms with van der Waals surface area (Å²) in [7, 11) is 0. The summed E-state index contributed by atoms with van der Waals surface area (Å²) < 4.78 is 11.0. The van der Waals surface area contributed by atoms with Gasteiger partial charge < -0.3 is 14.5 Å². The van der Waals surface area contributed by atoms with Crippen molar-refractivity contribution in [2.75, 3.05) is 6.61 Å². The maximum Gasteiger partial charge on any atom is 0.208 e. The molecular weight excluding hydrogens is 252 g/mol. The summed E-state index contributed by atoms with van der Waals surface area (Å²) in [6, 6.07) is 6.79. The average molecular weight is 272 g/mol. The number of fused-ring (bicyclic) bond motifs is 1. The van der Waals surface area contributed by atoms with E-state index >= 15 is 0 Å². The smallest absolute Gasteiger partial charge is 0.208 e. The van der Waals surface area contributed by atoms with Crippen molar-refractivity contribution in [3.05, 3.63) is 47.2 Å². The highest BCUT2D eigenvalue weighted by Crippen LogP contribution is 2.29. The predicted molar refractivity (Wildman–Crippen MR) is 76.8 cm³/mol. The molecule has 0 amide bonds. The monoisotopic (exact) mass is 272 g/mol. The first-order valence-corrected chi connectivity index (χ1v) is 7.16. The fourth-order valence-electron chi connectivity index (χ4n) is 2.61. The summed E-state index contributed by atoms with van der Waals surface area (Å²) in [4.78, 5) is 4.22. The van der Waals surface area contributed by atoms with Gasteiger partial charge in [-0.3, -0.25) is 0 Å². The van der Waals surface area contributed by atoms with Crippen LogP contribution >= 0.6 is 0 Å². The van der Waals surface area contributed by atoms with Crippen molar-refractivity contribution in [1.82, 2.24) is 10.3 Å². The Bertz CT molecular complexity index is 592. The largest absolute Gasteiger partial charge is 0.493 e. The van der Waals surface area contributed by atoms with E-state index in [9.17, 15) is 0 Å². The minimum Gasteiger partial charge on any atom is -0.493 e. The normalized spacial score (nSPS) is 14.9. The number of oxazole rings is 1. The predicted octanol–water partition coefficient (Wildman–Crippen LogP) is 3.16. The maximum absolute atomic E-state index is 5.55. The summed E-state index contributed by atoms with van der Waals surface area (Å²) >= 11 is 0. The summed E-state index contributed by atoms with van der Waals surface area (Å²) in [6.45, 7) is 5.55. The molecule has 1 unspecified atom stereocenters. The zero-order chi connectivity index (χ0) is 13.9. The van der Waals surface area contributed by atoms with Gasteiger partial charge in [-0.25, -0.2) is 4.98 Å². The van der Waals surface area contributed by atoms with E-state index in [1.807, 2.05) is 6.92 Å². The van der Waals surface area contributed by atoms with Gasteiger partial charge in [-0.2, -0.15) is 0 Å². The van der Waals surface area contributed by atoms with E-state index < -0.39 is 0 Å². The van der Waals surface area contributed by atoms with E-state index in [-0.39, 0.29) is 0 Å². The second-order valence-electron chi connectivity index (χ2n) is 5.17. The molecule has 4 nitrogen and oxygen atoms in total. The third-order valence-electron chi connectivity index (χ3n) is 3.69. The second kappa shape index (κ2) is 5.67. The van der Waals surface area contributed by atoms with Crippen LogP contribution in [0.15, 0.2) is 28.8 Å². The van der Waals surface area contributed by atoms with Crippen LogP contribution in [0, 0.1) is 6.92 Å². The van der Waals surface area contributed by atoms with Crippen LogP contribution in [0.25, 0.3) is 0 Å². The second-order valence-corrected chi connectivity index (χ2v) is 5.17. The van der Waals surface area contributed by atoms with Crippen molar-refractivity contribution < 1.29 is 9.15 Å². The minimum atomic E-state index is 0.313. The Morgan fingerprint density at radius 1 is 1.40 bits per heavy atom. The van der Waals surface area contributed by atoms with E-state index in [0.29, 0.717) is 12.6 Å². The summed E-state index contributed by atoms with van der Waals surface area (Å²) in [6.07, 6.45) is 3.79. The molecule has 0 aliphatic carbocycles. The average Bonchev–Trinajstić information content (AvgIpc) is 3.07. The minimum absolute atomic E-state index is 0.313. The van der Waals surface area contributed by atoms with Crippen LogP contribution in [0.2, 0.25) is 0 Å². The Kier molecular flexibility index (Phi) is 3.74. The van der Waals surface area contributed by atoms with Gasteiger partial charge in [0.2, 0.25) is 5.89 Å². The number of nitrogens with one attached hydrogen (secondary N) is 1. The van der Waals surface area contributed by atoms with Crippen LogP contribution in [-0.2, 0) is 13.0 Å². The van der Waals surface area contributed by atoms with Crippen molar-refractivity contribution in [3.8, 4) is 5.75 Å². The molecule has 0 radical (unpaired) electrons. The highest BCUT2D eigenvalue weighted by molar-refractivity contribution is 5.40. The molecule has 1 aliphatic rings. The molecule has 0 saturated carbocycles.